The van der Waals surface area contributed by atoms with Gasteiger partial charge in [0.15, 0.2) is 5.82 Å². The highest BCUT2D eigenvalue weighted by molar-refractivity contribution is 6.66. The third-order valence-corrected chi connectivity index (χ3v) is 5.15. The highest BCUT2D eigenvalue weighted by atomic mass is 35.5. The van der Waals surface area contributed by atoms with Crippen LogP contribution in [0.1, 0.15) is 10.4 Å². The van der Waals surface area contributed by atoms with Crippen molar-refractivity contribution in [2.45, 2.75) is 0 Å². The molecular weight excluding hydrogens is 393 g/mol. The molecule has 0 aliphatic heterocycles. The number of anilines is 1. The summed E-state index contributed by atoms with van der Waals surface area (Å²) in [5.41, 5.74) is 2.42. The minimum Gasteiger partial charge on any atom is -0.334 e. The van der Waals surface area contributed by atoms with Crippen molar-refractivity contribution in [3.63, 3.8) is 0 Å². The van der Waals surface area contributed by atoms with E-state index in [0.29, 0.717) is 5.52 Å². The van der Waals surface area contributed by atoms with Gasteiger partial charge < -0.3 is 9.88 Å². The average Bonchev–Trinajstić information content (AvgIpc) is 3.16. The average molecular weight is 403 g/mol. The Morgan fingerprint density at radius 2 is 1.77 bits per heavy atom. The number of halogens is 1. The zero-order chi connectivity index (χ0) is 21.6. The van der Waals surface area contributed by atoms with Crippen LogP contribution in [0.5, 0.6) is 0 Å². The van der Waals surface area contributed by atoms with Crippen molar-refractivity contribution >= 4 is 87.5 Å². The molecular formula is C19H10B4ClN5O. The second kappa shape index (κ2) is 7.69. The first-order valence-corrected chi connectivity index (χ1v) is 9.12. The summed E-state index contributed by atoms with van der Waals surface area (Å²) in [7, 11) is 25.3. The van der Waals surface area contributed by atoms with Crippen molar-refractivity contribution in [2.75, 3.05) is 5.32 Å². The fourth-order valence-corrected chi connectivity index (χ4v) is 3.39. The topological polar surface area (TPSA) is 72.7 Å². The van der Waals surface area contributed by atoms with Gasteiger partial charge in [0.1, 0.15) is 31.4 Å². The maximum Gasteiger partial charge on any atom is 0.257 e. The molecule has 0 atom stereocenters. The zero-order valence-electron chi connectivity index (χ0n) is 15.8. The van der Waals surface area contributed by atoms with Crippen LogP contribution in [0.3, 0.4) is 0 Å². The fourth-order valence-electron chi connectivity index (χ4n) is 3.10. The van der Waals surface area contributed by atoms with Crippen LogP contribution < -0.4 is 27.2 Å². The molecule has 136 valence electrons. The first-order valence-electron chi connectivity index (χ1n) is 8.74. The molecule has 0 aliphatic rings. The Bertz CT molecular complexity index is 1300. The fraction of sp³-hybridized carbons (Fsp3) is 0.0526. The number of carbonyl (C=O) groups excluding carboxylic acids is 1. The summed E-state index contributed by atoms with van der Waals surface area (Å²) < 4.78 is 1.90. The molecule has 0 unspecified atom stereocenters. The predicted molar refractivity (Wildman–Crippen MR) is 123 cm³/mol. The minimum atomic E-state index is -0.632. The first kappa shape index (κ1) is 20.3. The smallest absolute Gasteiger partial charge is 0.257 e. The molecule has 0 saturated heterocycles. The third kappa shape index (κ3) is 3.41. The lowest BCUT2D eigenvalue weighted by molar-refractivity contribution is 0.102. The summed E-state index contributed by atoms with van der Waals surface area (Å²) in [6, 6.07) is 7.38. The first-order chi connectivity index (χ1) is 14.3. The number of nitrogens with one attached hydrogen (secondary N) is 1. The Balaban J connectivity index is 1.71. The van der Waals surface area contributed by atoms with Crippen LogP contribution in [0.2, 0.25) is 5.02 Å². The number of hydrogen-bond acceptors (Lipinski definition) is 4. The number of aryl methyl sites for hydroxylation is 1. The number of imidazole rings is 1. The number of benzene rings is 2. The molecule has 0 spiro atoms. The Kier molecular flexibility index (Phi) is 5.20. The van der Waals surface area contributed by atoms with Gasteiger partial charge >= 0.3 is 0 Å². The number of aromatic nitrogens is 4. The van der Waals surface area contributed by atoms with E-state index in [1.165, 1.54) is 0 Å². The van der Waals surface area contributed by atoms with E-state index in [2.05, 4.69) is 20.5 Å². The van der Waals surface area contributed by atoms with E-state index in [1.54, 1.807) is 18.6 Å². The Hall–Kier alpha value is -2.99. The molecule has 0 fully saturated rings. The van der Waals surface area contributed by atoms with E-state index >= 15 is 0 Å². The van der Waals surface area contributed by atoms with E-state index < -0.39 is 5.91 Å². The molecule has 1 amide bonds. The number of carbonyl (C=O) groups is 1. The second-order valence-corrected chi connectivity index (χ2v) is 7.07. The molecule has 4 aromatic rings. The predicted octanol–water partition coefficient (Wildman–Crippen LogP) is -0.889. The molecule has 2 aromatic heterocycles. The molecule has 8 radical (unpaired) electrons. The summed E-state index contributed by atoms with van der Waals surface area (Å²) >= 11 is 6.18. The van der Waals surface area contributed by atoms with Crippen molar-refractivity contribution in [3.05, 3.63) is 47.4 Å². The SMILES string of the molecule is [B]c1c([B])c([B])c(C(=O)Nc2cc3cc(-c4cncn4C)ccc3nn2)c(Cl)c1[B]. The van der Waals surface area contributed by atoms with Gasteiger partial charge in [-0.25, -0.2) is 4.98 Å². The van der Waals surface area contributed by atoms with Gasteiger partial charge in [0, 0.05) is 23.0 Å². The van der Waals surface area contributed by atoms with Crippen molar-refractivity contribution in [2.24, 2.45) is 7.05 Å². The summed E-state index contributed by atoms with van der Waals surface area (Å²) in [5, 5.41) is 11.5. The van der Waals surface area contributed by atoms with E-state index in [-0.39, 0.29) is 38.3 Å². The molecule has 6 nitrogen and oxygen atoms in total. The molecule has 0 aliphatic carbocycles. The van der Waals surface area contributed by atoms with E-state index in [0.717, 1.165) is 16.6 Å². The number of amides is 1. The van der Waals surface area contributed by atoms with Crippen LogP contribution >= 0.6 is 11.6 Å². The van der Waals surface area contributed by atoms with Gasteiger partial charge in [-0.15, -0.1) is 21.1 Å². The highest BCUT2D eigenvalue weighted by Gasteiger charge is 2.19. The standard InChI is InChI=1S/C19H10B4ClN5O/c1-29-7-25-6-11(29)8-2-3-10-9(4-8)5-12(28-27-10)26-19(30)13-14(20)15(21)16(22)17(23)18(13)24/h2-7H,1H3,(H,26,28,30). The van der Waals surface area contributed by atoms with Crippen LogP contribution in [-0.4, -0.2) is 57.0 Å². The van der Waals surface area contributed by atoms with Gasteiger partial charge in [-0.1, -0.05) is 28.6 Å². The summed E-state index contributed by atoms with van der Waals surface area (Å²) in [6.07, 6.45) is 3.48. The number of nitrogens with zero attached hydrogens (tertiary/aromatic N) is 4. The zero-order valence-corrected chi connectivity index (χ0v) is 16.6. The van der Waals surface area contributed by atoms with Crippen molar-refractivity contribution in [1.82, 2.24) is 19.7 Å². The van der Waals surface area contributed by atoms with Crippen LogP contribution in [-0.2, 0) is 7.05 Å². The van der Waals surface area contributed by atoms with Crippen molar-refractivity contribution in [1.29, 1.82) is 0 Å². The normalized spacial score (nSPS) is 11.0. The monoisotopic (exact) mass is 403 g/mol. The maximum atomic E-state index is 12.8. The number of rotatable bonds is 3. The molecule has 0 saturated carbocycles. The Labute approximate surface area is 183 Å². The van der Waals surface area contributed by atoms with Crippen molar-refractivity contribution in [3.8, 4) is 11.3 Å². The molecule has 4 rings (SSSR count). The van der Waals surface area contributed by atoms with Crippen LogP contribution in [0.15, 0.2) is 36.8 Å². The molecule has 2 heterocycles. The summed E-state index contributed by atoms with van der Waals surface area (Å²) in [5.74, 6) is -0.425. The van der Waals surface area contributed by atoms with E-state index in [9.17, 15) is 4.79 Å². The lowest BCUT2D eigenvalue weighted by atomic mass is 9.65. The number of fused-ring (bicyclic) bond motifs is 1. The Morgan fingerprint density at radius 3 is 2.47 bits per heavy atom. The van der Waals surface area contributed by atoms with Gasteiger partial charge in [0.25, 0.3) is 5.91 Å². The third-order valence-electron chi connectivity index (χ3n) is 4.76. The molecule has 1 N–H and O–H groups in total. The minimum absolute atomic E-state index is 0.00698. The molecule has 0 bridgehead atoms. The maximum absolute atomic E-state index is 12.8. The molecule has 30 heavy (non-hydrogen) atoms. The molecule has 2 aromatic carbocycles. The second-order valence-electron chi connectivity index (χ2n) is 6.69. The van der Waals surface area contributed by atoms with Crippen LogP contribution in [0.4, 0.5) is 5.82 Å². The lowest BCUT2D eigenvalue weighted by Gasteiger charge is -2.18. The van der Waals surface area contributed by atoms with Gasteiger partial charge in [-0.2, -0.15) is 0 Å². The highest BCUT2D eigenvalue weighted by Crippen LogP contribution is 2.24. The molecule has 11 heteroatoms. The summed E-state index contributed by atoms with van der Waals surface area (Å²) in [4.78, 5) is 16.9. The van der Waals surface area contributed by atoms with E-state index in [1.807, 2.05) is 29.8 Å². The summed E-state index contributed by atoms with van der Waals surface area (Å²) in [6.45, 7) is 0. The Morgan fingerprint density at radius 1 is 1.03 bits per heavy atom. The van der Waals surface area contributed by atoms with Crippen LogP contribution in [0, 0.1) is 0 Å². The van der Waals surface area contributed by atoms with Crippen molar-refractivity contribution < 1.29 is 4.79 Å². The van der Waals surface area contributed by atoms with Gasteiger partial charge in [-0.05, 0) is 18.2 Å². The largest absolute Gasteiger partial charge is 0.334 e. The lowest BCUT2D eigenvalue weighted by Crippen LogP contribution is -2.50. The quantitative estimate of drug-likeness (QED) is 0.451. The van der Waals surface area contributed by atoms with Gasteiger partial charge in [0.05, 0.1) is 29.3 Å². The van der Waals surface area contributed by atoms with E-state index in [4.69, 9.17) is 43.0 Å². The van der Waals surface area contributed by atoms with Gasteiger partial charge in [-0.3, -0.25) is 4.79 Å². The number of hydrogen-bond donors (Lipinski definition) is 1. The van der Waals surface area contributed by atoms with Crippen LogP contribution in [0.25, 0.3) is 22.2 Å². The van der Waals surface area contributed by atoms with Gasteiger partial charge in [0.2, 0.25) is 0 Å².